The topological polar surface area (TPSA) is 100 Å². The van der Waals surface area contributed by atoms with Crippen molar-refractivity contribution in [3.05, 3.63) is 41.6 Å². The van der Waals surface area contributed by atoms with Crippen LogP contribution in [0.2, 0.25) is 0 Å². The number of rotatable bonds is 6. The van der Waals surface area contributed by atoms with Crippen LogP contribution in [0.4, 0.5) is 0 Å². The molecule has 1 atom stereocenters. The zero-order chi connectivity index (χ0) is 18.4. The van der Waals surface area contributed by atoms with Gasteiger partial charge in [0.05, 0.1) is 25.1 Å². The minimum atomic E-state index is -0.412. The molecule has 1 amide bonds. The molecule has 1 aliphatic heterocycles. The number of carbonyl (C=O) groups excluding carboxylic acids is 1. The van der Waals surface area contributed by atoms with Crippen LogP contribution in [0.3, 0.4) is 0 Å². The van der Waals surface area contributed by atoms with E-state index in [1.165, 1.54) is 6.08 Å². The standard InChI is InChI=1S/C19H20N4O3/c1-25-16-6-4-13(5-7-16)18-15(11-22-23-18)9-14(10-20)19(24)21-12-17-3-2-8-26-17/h4-7,9,11,17H,2-3,8,12H2,1H3,(H,21,24)(H,22,23). The molecule has 1 unspecified atom stereocenters. The molecule has 7 nitrogen and oxygen atoms in total. The van der Waals surface area contributed by atoms with Crippen LogP contribution in [0.25, 0.3) is 17.3 Å². The molecule has 1 aliphatic rings. The second kappa shape index (κ2) is 8.32. The molecule has 1 fully saturated rings. The van der Waals surface area contributed by atoms with Crippen LogP contribution < -0.4 is 10.1 Å². The molecule has 0 spiro atoms. The Hall–Kier alpha value is -3.11. The van der Waals surface area contributed by atoms with Crippen molar-refractivity contribution in [2.24, 2.45) is 0 Å². The first-order valence-corrected chi connectivity index (χ1v) is 8.40. The lowest BCUT2D eigenvalue weighted by Gasteiger charge is -2.10. The maximum absolute atomic E-state index is 12.3. The second-order valence-corrected chi connectivity index (χ2v) is 5.94. The summed E-state index contributed by atoms with van der Waals surface area (Å²) in [6.07, 6.45) is 5.08. The Balaban J connectivity index is 1.75. The van der Waals surface area contributed by atoms with E-state index in [0.29, 0.717) is 12.1 Å². The smallest absolute Gasteiger partial charge is 0.262 e. The molecule has 1 saturated heterocycles. The maximum Gasteiger partial charge on any atom is 0.262 e. The summed E-state index contributed by atoms with van der Waals surface area (Å²) < 4.78 is 10.6. The fourth-order valence-corrected chi connectivity index (χ4v) is 2.80. The van der Waals surface area contributed by atoms with Crippen molar-refractivity contribution in [2.45, 2.75) is 18.9 Å². The predicted octanol–water partition coefficient (Wildman–Crippen LogP) is 2.29. The van der Waals surface area contributed by atoms with Gasteiger partial charge in [0.15, 0.2) is 0 Å². The van der Waals surface area contributed by atoms with E-state index in [-0.39, 0.29) is 11.7 Å². The number of nitrogens with one attached hydrogen (secondary N) is 2. The maximum atomic E-state index is 12.3. The summed E-state index contributed by atoms with van der Waals surface area (Å²) in [5.74, 6) is 0.335. The quantitative estimate of drug-likeness (QED) is 0.614. The third-order valence-electron chi connectivity index (χ3n) is 4.23. The van der Waals surface area contributed by atoms with Gasteiger partial charge in [0.25, 0.3) is 5.91 Å². The average molecular weight is 352 g/mol. The van der Waals surface area contributed by atoms with E-state index < -0.39 is 5.91 Å². The average Bonchev–Trinajstić information content (AvgIpc) is 3.36. The van der Waals surface area contributed by atoms with Crippen LogP contribution in [-0.4, -0.2) is 42.5 Å². The first-order chi connectivity index (χ1) is 12.7. The van der Waals surface area contributed by atoms with E-state index in [9.17, 15) is 10.1 Å². The van der Waals surface area contributed by atoms with Crippen LogP contribution in [0, 0.1) is 11.3 Å². The van der Waals surface area contributed by atoms with Gasteiger partial charge >= 0.3 is 0 Å². The first-order valence-electron chi connectivity index (χ1n) is 8.40. The van der Waals surface area contributed by atoms with E-state index in [2.05, 4.69) is 15.5 Å². The van der Waals surface area contributed by atoms with Gasteiger partial charge in [-0.25, -0.2) is 0 Å². The molecular formula is C19H20N4O3. The van der Waals surface area contributed by atoms with Gasteiger partial charge < -0.3 is 14.8 Å². The van der Waals surface area contributed by atoms with E-state index in [4.69, 9.17) is 9.47 Å². The second-order valence-electron chi connectivity index (χ2n) is 5.94. The number of hydrogen-bond acceptors (Lipinski definition) is 5. The highest BCUT2D eigenvalue weighted by atomic mass is 16.5. The molecule has 3 rings (SSSR count). The largest absolute Gasteiger partial charge is 0.497 e. The molecule has 2 N–H and O–H groups in total. The van der Waals surface area contributed by atoms with Gasteiger partial charge in [0, 0.05) is 24.3 Å². The third kappa shape index (κ3) is 4.10. The zero-order valence-electron chi connectivity index (χ0n) is 14.5. The Bertz CT molecular complexity index is 827. The number of hydrogen-bond donors (Lipinski definition) is 2. The lowest BCUT2D eigenvalue weighted by atomic mass is 10.1. The summed E-state index contributed by atoms with van der Waals surface area (Å²) in [5, 5.41) is 19.1. The number of benzene rings is 1. The van der Waals surface area contributed by atoms with Gasteiger partial charge in [-0.1, -0.05) is 0 Å². The molecule has 1 aromatic heterocycles. The van der Waals surface area contributed by atoms with Crippen molar-refractivity contribution < 1.29 is 14.3 Å². The number of carbonyl (C=O) groups is 1. The Labute approximate surface area is 151 Å². The summed E-state index contributed by atoms with van der Waals surface area (Å²) >= 11 is 0. The lowest BCUT2D eigenvalue weighted by Crippen LogP contribution is -2.32. The van der Waals surface area contributed by atoms with Crippen LogP contribution in [0.1, 0.15) is 18.4 Å². The molecule has 2 aromatic rings. The Morgan fingerprint density at radius 1 is 1.50 bits per heavy atom. The summed E-state index contributed by atoms with van der Waals surface area (Å²) in [6, 6.07) is 9.40. The van der Waals surface area contributed by atoms with Crippen LogP contribution >= 0.6 is 0 Å². The number of nitrogens with zero attached hydrogens (tertiary/aromatic N) is 2. The van der Waals surface area contributed by atoms with Crippen molar-refractivity contribution >= 4 is 12.0 Å². The molecule has 0 radical (unpaired) electrons. The number of aromatic amines is 1. The minimum absolute atomic E-state index is 0.0270. The highest BCUT2D eigenvalue weighted by molar-refractivity contribution is 6.02. The Morgan fingerprint density at radius 3 is 2.96 bits per heavy atom. The van der Waals surface area contributed by atoms with Gasteiger partial charge in [-0.3, -0.25) is 9.89 Å². The van der Waals surface area contributed by atoms with Crippen molar-refractivity contribution in [3.8, 4) is 23.1 Å². The van der Waals surface area contributed by atoms with Crippen molar-refractivity contribution in [3.63, 3.8) is 0 Å². The number of ether oxygens (including phenoxy) is 2. The first kappa shape index (κ1) is 17.7. The van der Waals surface area contributed by atoms with Crippen molar-refractivity contribution in [1.29, 1.82) is 5.26 Å². The van der Waals surface area contributed by atoms with Gasteiger partial charge in [-0.05, 0) is 43.2 Å². The minimum Gasteiger partial charge on any atom is -0.497 e. The van der Waals surface area contributed by atoms with Crippen molar-refractivity contribution in [1.82, 2.24) is 15.5 Å². The fourth-order valence-electron chi connectivity index (χ4n) is 2.80. The van der Waals surface area contributed by atoms with Crippen LogP contribution in [0.5, 0.6) is 5.75 Å². The van der Waals surface area contributed by atoms with Gasteiger partial charge in [-0.15, -0.1) is 0 Å². The molecule has 7 heteroatoms. The molecule has 2 heterocycles. The summed E-state index contributed by atoms with van der Waals surface area (Å²) in [4.78, 5) is 12.3. The lowest BCUT2D eigenvalue weighted by molar-refractivity contribution is -0.117. The number of methoxy groups -OCH3 is 1. The molecule has 134 valence electrons. The fraction of sp³-hybridized carbons (Fsp3) is 0.316. The molecule has 26 heavy (non-hydrogen) atoms. The van der Waals surface area contributed by atoms with E-state index >= 15 is 0 Å². The van der Waals surface area contributed by atoms with Crippen molar-refractivity contribution in [2.75, 3.05) is 20.3 Å². The molecule has 0 bridgehead atoms. The molecule has 0 saturated carbocycles. The highest BCUT2D eigenvalue weighted by Crippen LogP contribution is 2.25. The Kier molecular flexibility index (Phi) is 5.66. The Morgan fingerprint density at radius 2 is 2.31 bits per heavy atom. The van der Waals surface area contributed by atoms with E-state index in [0.717, 1.165) is 36.5 Å². The molecule has 1 aromatic carbocycles. The van der Waals surface area contributed by atoms with Crippen LogP contribution in [-0.2, 0) is 9.53 Å². The number of amides is 1. The van der Waals surface area contributed by atoms with Crippen LogP contribution in [0.15, 0.2) is 36.0 Å². The summed E-state index contributed by atoms with van der Waals surface area (Å²) in [7, 11) is 1.60. The zero-order valence-corrected chi connectivity index (χ0v) is 14.5. The number of nitriles is 1. The third-order valence-corrected chi connectivity index (χ3v) is 4.23. The molecule has 0 aliphatic carbocycles. The monoisotopic (exact) mass is 352 g/mol. The van der Waals surface area contributed by atoms with Gasteiger partial charge in [0.2, 0.25) is 0 Å². The number of aromatic nitrogens is 2. The normalized spacial score (nSPS) is 16.9. The summed E-state index contributed by atoms with van der Waals surface area (Å²) in [5.41, 5.74) is 2.30. The SMILES string of the molecule is COc1ccc(-c2[nH]ncc2C=C(C#N)C(=O)NCC2CCCO2)cc1. The van der Waals surface area contributed by atoms with E-state index in [1.807, 2.05) is 30.3 Å². The van der Waals surface area contributed by atoms with Gasteiger partial charge in [0.1, 0.15) is 17.4 Å². The van der Waals surface area contributed by atoms with Gasteiger partial charge in [-0.2, -0.15) is 10.4 Å². The predicted molar refractivity (Wildman–Crippen MR) is 96.1 cm³/mol. The highest BCUT2D eigenvalue weighted by Gasteiger charge is 2.18. The van der Waals surface area contributed by atoms with E-state index in [1.54, 1.807) is 13.3 Å². The summed E-state index contributed by atoms with van der Waals surface area (Å²) in [6.45, 7) is 1.14. The number of H-pyrrole nitrogens is 1. The molecular weight excluding hydrogens is 332 g/mol.